The van der Waals surface area contributed by atoms with Gasteiger partial charge in [-0.1, -0.05) is 42.8 Å². The lowest BCUT2D eigenvalue weighted by Crippen LogP contribution is -2.50. The Morgan fingerprint density at radius 2 is 1.68 bits per heavy atom. The van der Waals surface area contributed by atoms with Crippen LogP contribution < -0.4 is 10.1 Å². The summed E-state index contributed by atoms with van der Waals surface area (Å²) in [5.74, 6) is 0.162. The van der Waals surface area contributed by atoms with Gasteiger partial charge in [-0.3, -0.25) is 9.59 Å². The molecule has 0 aromatic heterocycles. The summed E-state index contributed by atoms with van der Waals surface area (Å²) >= 11 is 6.22. The maximum Gasteiger partial charge on any atom is 0.261 e. The molecule has 31 heavy (non-hydrogen) atoms. The Labute approximate surface area is 190 Å². The number of ether oxygens (including phenoxy) is 1. The van der Waals surface area contributed by atoms with Crippen molar-refractivity contribution in [3.8, 4) is 5.75 Å². The van der Waals surface area contributed by atoms with Crippen LogP contribution >= 0.6 is 11.6 Å². The molecule has 0 radical (unpaired) electrons. The van der Waals surface area contributed by atoms with Crippen LogP contribution in [0.5, 0.6) is 5.75 Å². The first kappa shape index (κ1) is 24.7. The summed E-state index contributed by atoms with van der Waals surface area (Å²) in [7, 11) is 0. The third kappa shape index (κ3) is 6.73. The number of benzene rings is 2. The van der Waals surface area contributed by atoms with E-state index in [2.05, 4.69) is 5.32 Å². The zero-order valence-electron chi connectivity index (χ0n) is 19.3. The Bertz CT molecular complexity index is 906. The van der Waals surface area contributed by atoms with Gasteiger partial charge in [-0.05, 0) is 75.4 Å². The summed E-state index contributed by atoms with van der Waals surface area (Å²) in [5.41, 5.74) is 3.85. The first-order valence-corrected chi connectivity index (χ1v) is 11.1. The van der Waals surface area contributed by atoms with Gasteiger partial charge in [-0.2, -0.15) is 0 Å². The molecule has 2 amide bonds. The van der Waals surface area contributed by atoms with Gasteiger partial charge in [-0.15, -0.1) is 0 Å². The normalized spacial score (nSPS) is 12.7. The molecule has 6 heteroatoms. The molecule has 2 rings (SSSR count). The summed E-state index contributed by atoms with van der Waals surface area (Å²) in [6, 6.07) is 10.9. The molecule has 0 aliphatic heterocycles. The largest absolute Gasteiger partial charge is 0.484 e. The van der Waals surface area contributed by atoms with Crippen molar-refractivity contribution >= 4 is 23.4 Å². The fourth-order valence-corrected chi connectivity index (χ4v) is 3.35. The fraction of sp³-hybridized carbons (Fsp3) is 0.440. The van der Waals surface area contributed by atoms with E-state index in [1.54, 1.807) is 11.8 Å². The Kier molecular flexibility index (Phi) is 8.93. The second-order valence-corrected chi connectivity index (χ2v) is 8.48. The number of aryl methyl sites for hydroxylation is 3. The Hall–Kier alpha value is -2.53. The molecule has 2 atom stereocenters. The predicted molar refractivity (Wildman–Crippen MR) is 126 cm³/mol. The molecule has 5 nitrogen and oxygen atoms in total. The van der Waals surface area contributed by atoms with Crippen molar-refractivity contribution in [2.45, 2.75) is 66.6 Å². The molecule has 0 saturated carbocycles. The summed E-state index contributed by atoms with van der Waals surface area (Å²) < 4.78 is 5.78. The van der Waals surface area contributed by atoms with Gasteiger partial charge in [0.1, 0.15) is 11.8 Å². The number of carbonyl (C=O) groups excluding carboxylic acids is 2. The van der Waals surface area contributed by atoms with E-state index in [4.69, 9.17) is 16.3 Å². The number of nitrogens with zero attached hydrogens (tertiary/aromatic N) is 1. The highest BCUT2D eigenvalue weighted by Gasteiger charge is 2.27. The van der Waals surface area contributed by atoms with E-state index in [0.717, 1.165) is 28.7 Å². The maximum atomic E-state index is 13.2. The van der Waals surface area contributed by atoms with Crippen LogP contribution in [0.25, 0.3) is 0 Å². The second-order valence-electron chi connectivity index (χ2n) is 8.10. The molecule has 0 aliphatic rings. The number of amides is 2. The fourth-order valence-electron chi connectivity index (χ4n) is 3.24. The van der Waals surface area contributed by atoms with Crippen LogP contribution in [0.3, 0.4) is 0 Å². The number of nitrogens with one attached hydrogen (secondary N) is 1. The van der Waals surface area contributed by atoms with Gasteiger partial charge in [0.05, 0.1) is 0 Å². The molecular formula is C25H33ClN2O3. The molecule has 0 fully saturated rings. The van der Waals surface area contributed by atoms with Crippen molar-refractivity contribution in [2.24, 2.45) is 0 Å². The van der Waals surface area contributed by atoms with Gasteiger partial charge in [-0.25, -0.2) is 0 Å². The highest BCUT2D eigenvalue weighted by Crippen LogP contribution is 2.26. The van der Waals surface area contributed by atoms with Crippen molar-refractivity contribution in [3.05, 3.63) is 63.7 Å². The third-order valence-corrected chi connectivity index (χ3v) is 6.14. The minimum atomic E-state index is -0.626. The monoisotopic (exact) mass is 444 g/mol. The van der Waals surface area contributed by atoms with Crippen LogP contribution in [0.2, 0.25) is 5.02 Å². The van der Waals surface area contributed by atoms with Crippen molar-refractivity contribution in [3.63, 3.8) is 0 Å². The van der Waals surface area contributed by atoms with Crippen molar-refractivity contribution in [2.75, 3.05) is 6.61 Å². The average Bonchev–Trinajstić information content (AvgIpc) is 2.74. The number of hydrogen-bond acceptors (Lipinski definition) is 3. The van der Waals surface area contributed by atoms with Gasteiger partial charge >= 0.3 is 0 Å². The Morgan fingerprint density at radius 1 is 1.06 bits per heavy atom. The summed E-state index contributed by atoms with van der Waals surface area (Å²) in [6.07, 6.45) is 0.822. The van der Waals surface area contributed by atoms with E-state index in [1.165, 1.54) is 0 Å². The smallest absolute Gasteiger partial charge is 0.261 e. The lowest BCUT2D eigenvalue weighted by Gasteiger charge is -2.30. The summed E-state index contributed by atoms with van der Waals surface area (Å²) in [5, 5.41) is 3.66. The highest BCUT2D eigenvalue weighted by atomic mass is 35.5. The number of carbonyl (C=O) groups is 2. The quantitative estimate of drug-likeness (QED) is 0.593. The first-order valence-electron chi connectivity index (χ1n) is 10.7. The summed E-state index contributed by atoms with van der Waals surface area (Å²) in [4.78, 5) is 27.5. The van der Waals surface area contributed by atoms with Crippen molar-refractivity contribution < 1.29 is 14.3 Å². The van der Waals surface area contributed by atoms with E-state index < -0.39 is 6.04 Å². The van der Waals surface area contributed by atoms with Crippen molar-refractivity contribution in [1.82, 2.24) is 10.2 Å². The van der Waals surface area contributed by atoms with Crippen LogP contribution in [0.15, 0.2) is 36.4 Å². The lowest BCUT2D eigenvalue weighted by molar-refractivity contribution is -0.142. The van der Waals surface area contributed by atoms with E-state index in [-0.39, 0.29) is 24.5 Å². The van der Waals surface area contributed by atoms with E-state index in [1.807, 2.05) is 71.0 Å². The van der Waals surface area contributed by atoms with Crippen LogP contribution in [0.1, 0.15) is 49.4 Å². The SMILES string of the molecule is CC[C@@H](C)NC(=O)[C@@H](C)N(Cc1ccccc1C)C(=O)COc1cc(C)c(Cl)c(C)c1. The van der Waals surface area contributed by atoms with Gasteiger partial charge in [0.25, 0.3) is 5.91 Å². The minimum Gasteiger partial charge on any atom is -0.484 e. The molecule has 0 heterocycles. The first-order chi connectivity index (χ1) is 14.6. The van der Waals surface area contributed by atoms with Gasteiger partial charge in [0.2, 0.25) is 5.91 Å². The molecule has 0 unspecified atom stereocenters. The molecule has 0 bridgehead atoms. The van der Waals surface area contributed by atoms with Crippen LogP contribution in [-0.2, 0) is 16.1 Å². The van der Waals surface area contributed by atoms with Gasteiger partial charge < -0.3 is 15.0 Å². The minimum absolute atomic E-state index is 0.0432. The van der Waals surface area contributed by atoms with E-state index in [0.29, 0.717) is 17.3 Å². The molecular weight excluding hydrogens is 412 g/mol. The lowest BCUT2D eigenvalue weighted by atomic mass is 10.1. The second kappa shape index (κ2) is 11.2. The zero-order valence-corrected chi connectivity index (χ0v) is 20.0. The standard InChI is InChI=1S/C25H33ClN2O3/c1-7-19(5)27-25(30)20(6)28(14-21-11-9-8-10-16(21)2)23(29)15-31-22-12-17(3)24(26)18(4)13-22/h8-13,19-20H,7,14-15H2,1-6H3,(H,27,30)/t19-,20-/m1/s1. The van der Waals surface area contributed by atoms with Gasteiger partial charge in [0, 0.05) is 17.6 Å². The van der Waals surface area contributed by atoms with Crippen LogP contribution in [-0.4, -0.2) is 35.4 Å². The molecule has 2 aromatic carbocycles. The van der Waals surface area contributed by atoms with Crippen molar-refractivity contribution in [1.29, 1.82) is 0 Å². The van der Waals surface area contributed by atoms with Gasteiger partial charge in [0.15, 0.2) is 6.61 Å². The molecule has 0 aliphatic carbocycles. The van der Waals surface area contributed by atoms with E-state index in [9.17, 15) is 9.59 Å². The molecule has 1 N–H and O–H groups in total. The molecule has 2 aromatic rings. The highest BCUT2D eigenvalue weighted by molar-refractivity contribution is 6.32. The number of halogens is 1. The number of hydrogen-bond donors (Lipinski definition) is 1. The van der Waals surface area contributed by atoms with E-state index >= 15 is 0 Å². The Balaban J connectivity index is 2.21. The summed E-state index contributed by atoms with van der Waals surface area (Å²) in [6.45, 7) is 11.7. The molecule has 0 spiro atoms. The molecule has 168 valence electrons. The topological polar surface area (TPSA) is 58.6 Å². The maximum absolute atomic E-state index is 13.2. The Morgan fingerprint density at radius 3 is 2.26 bits per heavy atom. The number of rotatable bonds is 9. The molecule has 0 saturated heterocycles. The average molecular weight is 445 g/mol. The predicted octanol–water partition coefficient (Wildman–Crippen LogP) is 4.98. The van der Waals surface area contributed by atoms with Crippen LogP contribution in [0.4, 0.5) is 0 Å². The zero-order chi connectivity index (χ0) is 23.1. The third-order valence-electron chi connectivity index (χ3n) is 5.54. The van der Waals surface area contributed by atoms with Crippen LogP contribution in [0, 0.1) is 20.8 Å².